The fourth-order valence-electron chi connectivity index (χ4n) is 2.93. The third-order valence-corrected chi connectivity index (χ3v) is 5.14. The van der Waals surface area contributed by atoms with Gasteiger partial charge in [-0.1, -0.05) is 6.92 Å². The van der Waals surface area contributed by atoms with Gasteiger partial charge in [-0.05, 0) is 44.1 Å². The van der Waals surface area contributed by atoms with Crippen LogP contribution in [0.25, 0.3) is 0 Å². The van der Waals surface area contributed by atoms with Crippen LogP contribution in [0.2, 0.25) is 0 Å². The molecule has 1 aromatic heterocycles. The van der Waals surface area contributed by atoms with Crippen molar-refractivity contribution in [2.24, 2.45) is 5.92 Å². The summed E-state index contributed by atoms with van der Waals surface area (Å²) in [4.78, 5) is 14.9. The Morgan fingerprint density at radius 2 is 2.20 bits per heavy atom. The molecule has 2 heterocycles. The minimum absolute atomic E-state index is 0.0723. The molecule has 0 radical (unpaired) electrons. The monoisotopic (exact) mass is 293 g/mol. The molecule has 3 rings (SSSR count). The topological polar surface area (TPSA) is 45.2 Å². The van der Waals surface area contributed by atoms with Crippen molar-refractivity contribution in [3.8, 4) is 0 Å². The second-order valence-corrected chi connectivity index (χ2v) is 7.12. The number of likely N-dealkylation sites (tertiary alicyclic amines) is 1. The molecule has 2 fully saturated rings. The molecule has 2 unspecified atom stereocenters. The highest BCUT2D eigenvalue weighted by molar-refractivity contribution is 7.04. The van der Waals surface area contributed by atoms with Crippen LogP contribution in [0.5, 0.6) is 0 Å². The Bertz CT molecular complexity index is 495. The van der Waals surface area contributed by atoms with E-state index in [4.69, 9.17) is 0 Å². The van der Waals surface area contributed by atoms with Crippen LogP contribution in [-0.4, -0.2) is 40.4 Å². The fourth-order valence-corrected chi connectivity index (χ4v) is 3.67. The third-order valence-electron chi connectivity index (χ3n) is 4.49. The Kier molecular flexibility index (Phi) is 3.82. The number of carbonyl (C=O) groups is 1. The number of hydrogen-bond acceptors (Lipinski definition) is 4. The first-order valence-corrected chi connectivity index (χ1v) is 8.39. The average Bonchev–Trinajstić information content (AvgIpc) is 3.01. The highest BCUT2D eigenvalue weighted by atomic mass is 32.1. The summed E-state index contributed by atoms with van der Waals surface area (Å²) >= 11 is 1.41. The number of hydrogen-bond donors (Lipinski definition) is 1. The SMILES string of the molecule is CC1CN(C(C)C)CC1NC(=O)c1csnc1C1CC1. The van der Waals surface area contributed by atoms with Crippen molar-refractivity contribution in [1.29, 1.82) is 0 Å². The molecule has 4 nitrogen and oxygen atoms in total. The van der Waals surface area contributed by atoms with Crippen LogP contribution >= 0.6 is 11.5 Å². The van der Waals surface area contributed by atoms with Gasteiger partial charge in [0.15, 0.2) is 0 Å². The second kappa shape index (κ2) is 5.45. The van der Waals surface area contributed by atoms with Crippen molar-refractivity contribution in [2.75, 3.05) is 13.1 Å². The molecule has 1 amide bonds. The quantitative estimate of drug-likeness (QED) is 0.927. The van der Waals surface area contributed by atoms with E-state index in [0.29, 0.717) is 17.9 Å². The molecule has 0 bridgehead atoms. The average molecular weight is 293 g/mol. The lowest BCUT2D eigenvalue weighted by Crippen LogP contribution is -2.40. The van der Waals surface area contributed by atoms with Crippen LogP contribution in [0.4, 0.5) is 0 Å². The standard InChI is InChI=1S/C15H23N3OS/c1-9(2)18-6-10(3)13(7-18)16-15(19)12-8-20-17-14(12)11-4-5-11/h8-11,13H,4-7H2,1-3H3,(H,16,19). The molecule has 1 aromatic rings. The van der Waals surface area contributed by atoms with Crippen LogP contribution in [0, 0.1) is 5.92 Å². The van der Waals surface area contributed by atoms with Crippen LogP contribution in [0.15, 0.2) is 5.38 Å². The van der Waals surface area contributed by atoms with Gasteiger partial charge in [0.1, 0.15) is 0 Å². The van der Waals surface area contributed by atoms with Gasteiger partial charge in [0.05, 0.1) is 11.3 Å². The number of rotatable bonds is 4. The lowest BCUT2D eigenvalue weighted by molar-refractivity contribution is 0.0930. The lowest BCUT2D eigenvalue weighted by atomic mass is 10.1. The van der Waals surface area contributed by atoms with Crippen molar-refractivity contribution in [3.05, 3.63) is 16.6 Å². The highest BCUT2D eigenvalue weighted by Gasteiger charge is 2.34. The van der Waals surface area contributed by atoms with Crippen LogP contribution in [0.3, 0.4) is 0 Å². The highest BCUT2D eigenvalue weighted by Crippen LogP contribution is 2.41. The summed E-state index contributed by atoms with van der Waals surface area (Å²) in [7, 11) is 0. The van der Waals surface area contributed by atoms with Gasteiger partial charge in [0, 0.05) is 36.5 Å². The van der Waals surface area contributed by atoms with Gasteiger partial charge in [-0.2, -0.15) is 4.37 Å². The van der Waals surface area contributed by atoms with Gasteiger partial charge in [0.2, 0.25) is 0 Å². The largest absolute Gasteiger partial charge is 0.348 e. The summed E-state index contributed by atoms with van der Waals surface area (Å²) < 4.78 is 4.41. The normalized spacial score (nSPS) is 27.2. The van der Waals surface area contributed by atoms with E-state index in [0.717, 1.165) is 24.3 Å². The molecule has 0 aromatic carbocycles. The second-order valence-electron chi connectivity index (χ2n) is 6.49. The summed E-state index contributed by atoms with van der Waals surface area (Å²) in [6.07, 6.45) is 2.37. The zero-order chi connectivity index (χ0) is 14.3. The molecule has 1 aliphatic heterocycles. The third kappa shape index (κ3) is 2.74. The van der Waals surface area contributed by atoms with E-state index < -0.39 is 0 Å². The summed E-state index contributed by atoms with van der Waals surface area (Å²) in [5, 5.41) is 5.13. The first-order chi connectivity index (χ1) is 9.56. The van der Waals surface area contributed by atoms with E-state index in [2.05, 4.69) is 35.4 Å². The number of aromatic nitrogens is 1. The van der Waals surface area contributed by atoms with Crippen molar-refractivity contribution >= 4 is 17.4 Å². The number of carbonyl (C=O) groups excluding carboxylic acids is 1. The van der Waals surface area contributed by atoms with Crippen molar-refractivity contribution in [1.82, 2.24) is 14.6 Å². The molecular formula is C15H23N3OS. The molecule has 2 aliphatic rings. The van der Waals surface area contributed by atoms with Gasteiger partial charge < -0.3 is 5.32 Å². The molecule has 1 aliphatic carbocycles. The Labute approximate surface area is 124 Å². The maximum Gasteiger partial charge on any atom is 0.254 e. The van der Waals surface area contributed by atoms with Gasteiger partial charge >= 0.3 is 0 Å². The van der Waals surface area contributed by atoms with Crippen LogP contribution in [-0.2, 0) is 0 Å². The Morgan fingerprint density at radius 1 is 1.45 bits per heavy atom. The number of amides is 1. The molecule has 0 spiro atoms. The van der Waals surface area contributed by atoms with E-state index >= 15 is 0 Å². The van der Waals surface area contributed by atoms with E-state index in [9.17, 15) is 4.79 Å². The lowest BCUT2D eigenvalue weighted by Gasteiger charge is -2.20. The Balaban J connectivity index is 1.65. The molecule has 1 N–H and O–H groups in total. The molecule has 110 valence electrons. The van der Waals surface area contributed by atoms with Gasteiger partial charge in [0.25, 0.3) is 5.91 Å². The summed E-state index contributed by atoms with van der Waals surface area (Å²) in [6.45, 7) is 8.68. The molecule has 1 saturated heterocycles. The van der Waals surface area contributed by atoms with E-state index in [1.165, 1.54) is 24.4 Å². The molecule has 20 heavy (non-hydrogen) atoms. The molecule has 5 heteroatoms. The van der Waals surface area contributed by atoms with Crippen LogP contribution in [0.1, 0.15) is 55.6 Å². The molecule has 2 atom stereocenters. The van der Waals surface area contributed by atoms with E-state index in [1.807, 2.05) is 5.38 Å². The smallest absolute Gasteiger partial charge is 0.254 e. The number of nitrogens with one attached hydrogen (secondary N) is 1. The van der Waals surface area contributed by atoms with E-state index in [1.54, 1.807) is 0 Å². The van der Waals surface area contributed by atoms with Crippen molar-refractivity contribution < 1.29 is 4.79 Å². The first kappa shape index (κ1) is 14.0. The van der Waals surface area contributed by atoms with Crippen LogP contribution < -0.4 is 5.32 Å². The van der Waals surface area contributed by atoms with Gasteiger partial charge in [-0.15, -0.1) is 0 Å². The summed E-state index contributed by atoms with van der Waals surface area (Å²) in [5.74, 6) is 1.12. The molecule has 1 saturated carbocycles. The van der Waals surface area contributed by atoms with Gasteiger partial charge in [-0.25, -0.2) is 0 Å². The minimum Gasteiger partial charge on any atom is -0.348 e. The minimum atomic E-state index is 0.0723. The Morgan fingerprint density at radius 3 is 2.80 bits per heavy atom. The first-order valence-electron chi connectivity index (χ1n) is 7.55. The zero-order valence-electron chi connectivity index (χ0n) is 12.4. The van der Waals surface area contributed by atoms with Crippen molar-refractivity contribution in [3.63, 3.8) is 0 Å². The molecular weight excluding hydrogens is 270 g/mol. The summed E-state index contributed by atoms with van der Waals surface area (Å²) in [6, 6.07) is 0.807. The van der Waals surface area contributed by atoms with E-state index in [-0.39, 0.29) is 11.9 Å². The Hall–Kier alpha value is -0.940. The zero-order valence-corrected chi connectivity index (χ0v) is 13.2. The van der Waals surface area contributed by atoms with Crippen molar-refractivity contribution in [2.45, 2.75) is 51.6 Å². The fraction of sp³-hybridized carbons (Fsp3) is 0.733. The van der Waals surface area contributed by atoms with Gasteiger partial charge in [-0.3, -0.25) is 9.69 Å². The maximum absolute atomic E-state index is 12.5. The summed E-state index contributed by atoms with van der Waals surface area (Å²) in [5.41, 5.74) is 1.84. The number of nitrogens with zero attached hydrogens (tertiary/aromatic N) is 2. The predicted molar refractivity (Wildman–Crippen MR) is 81.2 cm³/mol. The maximum atomic E-state index is 12.5. The predicted octanol–water partition coefficient (Wildman–Crippen LogP) is 2.48.